The van der Waals surface area contributed by atoms with E-state index in [0.717, 1.165) is 5.92 Å². The fourth-order valence-electron chi connectivity index (χ4n) is 3.62. The van der Waals surface area contributed by atoms with Gasteiger partial charge in [0.2, 0.25) is 0 Å². The molecule has 0 heterocycles. The molecule has 0 radical (unpaired) electrons. The van der Waals surface area contributed by atoms with Gasteiger partial charge in [0.15, 0.2) is 0 Å². The van der Waals surface area contributed by atoms with E-state index in [2.05, 4.69) is 50.9 Å². The van der Waals surface area contributed by atoms with E-state index in [1.165, 1.54) is 42.4 Å². The van der Waals surface area contributed by atoms with Crippen molar-refractivity contribution in [3.63, 3.8) is 0 Å². The maximum atomic E-state index is 6.10. The van der Waals surface area contributed by atoms with Crippen molar-refractivity contribution in [3.8, 4) is 0 Å². The van der Waals surface area contributed by atoms with Gasteiger partial charge >= 0.3 is 0 Å². The molecule has 1 aromatic carbocycles. The molecular weight excluding hydrogens is 244 g/mol. The molecule has 0 amide bonds. The Morgan fingerprint density at radius 1 is 1.20 bits per heavy atom. The van der Waals surface area contributed by atoms with E-state index in [4.69, 9.17) is 5.73 Å². The molecule has 1 aromatic rings. The number of aryl methyl sites for hydroxylation is 2. The highest BCUT2D eigenvalue weighted by molar-refractivity contribution is 5.33. The fourth-order valence-corrected chi connectivity index (χ4v) is 3.62. The molecule has 2 nitrogen and oxygen atoms in total. The van der Waals surface area contributed by atoms with Crippen LogP contribution >= 0.6 is 0 Å². The van der Waals surface area contributed by atoms with Gasteiger partial charge in [-0.2, -0.15) is 0 Å². The Hall–Kier alpha value is -0.860. The van der Waals surface area contributed by atoms with Crippen LogP contribution in [-0.2, 0) is 0 Å². The summed E-state index contributed by atoms with van der Waals surface area (Å²) in [6.07, 6.45) is 5.36. The van der Waals surface area contributed by atoms with E-state index < -0.39 is 0 Å². The van der Waals surface area contributed by atoms with Crippen LogP contribution in [0.3, 0.4) is 0 Å². The van der Waals surface area contributed by atoms with Crippen LogP contribution in [0.1, 0.15) is 55.3 Å². The van der Waals surface area contributed by atoms with Gasteiger partial charge in [-0.3, -0.25) is 4.90 Å². The molecule has 1 fully saturated rings. The highest BCUT2D eigenvalue weighted by atomic mass is 15.2. The second-order valence-electron chi connectivity index (χ2n) is 6.69. The SMILES string of the molecule is Cc1ccc(C(CN)N(C)C2CCC(C)CC2)c(C)c1. The lowest BCUT2D eigenvalue weighted by atomic mass is 9.85. The van der Waals surface area contributed by atoms with Crippen molar-refractivity contribution in [1.82, 2.24) is 4.90 Å². The number of nitrogens with zero attached hydrogens (tertiary/aromatic N) is 1. The number of likely N-dealkylation sites (N-methyl/N-ethyl adjacent to an activating group) is 1. The monoisotopic (exact) mass is 274 g/mol. The molecule has 1 unspecified atom stereocenters. The third-order valence-corrected chi connectivity index (χ3v) is 5.06. The van der Waals surface area contributed by atoms with Crippen LogP contribution in [0.4, 0.5) is 0 Å². The van der Waals surface area contributed by atoms with Crippen LogP contribution in [0.2, 0.25) is 0 Å². The smallest absolute Gasteiger partial charge is 0.0472 e. The van der Waals surface area contributed by atoms with Crippen molar-refractivity contribution in [2.75, 3.05) is 13.6 Å². The van der Waals surface area contributed by atoms with Gasteiger partial charge in [0.1, 0.15) is 0 Å². The fraction of sp³-hybridized carbons (Fsp3) is 0.667. The first-order valence-electron chi connectivity index (χ1n) is 8.02. The van der Waals surface area contributed by atoms with Crippen molar-refractivity contribution in [1.29, 1.82) is 0 Å². The molecule has 2 N–H and O–H groups in total. The predicted octanol–water partition coefficient (Wildman–Crippen LogP) is 3.81. The summed E-state index contributed by atoms with van der Waals surface area (Å²) in [6, 6.07) is 7.80. The molecule has 0 aliphatic heterocycles. The van der Waals surface area contributed by atoms with E-state index in [1.807, 2.05) is 0 Å². The summed E-state index contributed by atoms with van der Waals surface area (Å²) in [7, 11) is 2.26. The highest BCUT2D eigenvalue weighted by Crippen LogP contribution is 2.32. The average molecular weight is 274 g/mol. The molecule has 1 saturated carbocycles. The molecular formula is C18H30N2. The van der Waals surface area contributed by atoms with Crippen LogP contribution in [0.25, 0.3) is 0 Å². The summed E-state index contributed by atoms with van der Waals surface area (Å²) >= 11 is 0. The molecule has 0 aromatic heterocycles. The van der Waals surface area contributed by atoms with Crippen molar-refractivity contribution < 1.29 is 0 Å². The van der Waals surface area contributed by atoms with E-state index in [1.54, 1.807) is 0 Å². The summed E-state index contributed by atoms with van der Waals surface area (Å²) in [6.45, 7) is 7.44. The van der Waals surface area contributed by atoms with Crippen LogP contribution in [0.5, 0.6) is 0 Å². The average Bonchev–Trinajstić information content (AvgIpc) is 2.42. The van der Waals surface area contributed by atoms with E-state index in [-0.39, 0.29) is 0 Å². The predicted molar refractivity (Wildman–Crippen MR) is 86.9 cm³/mol. The lowest BCUT2D eigenvalue weighted by Crippen LogP contribution is -2.40. The first-order valence-corrected chi connectivity index (χ1v) is 8.02. The van der Waals surface area contributed by atoms with Gasteiger partial charge in [-0.15, -0.1) is 0 Å². The van der Waals surface area contributed by atoms with Gasteiger partial charge < -0.3 is 5.73 Å². The van der Waals surface area contributed by atoms with Gasteiger partial charge in [0, 0.05) is 18.6 Å². The van der Waals surface area contributed by atoms with Crippen LogP contribution in [-0.4, -0.2) is 24.5 Å². The molecule has 1 aliphatic carbocycles. The minimum atomic E-state index is 0.356. The first kappa shape index (κ1) is 15.5. The number of hydrogen-bond acceptors (Lipinski definition) is 2. The third-order valence-electron chi connectivity index (χ3n) is 5.06. The van der Waals surface area contributed by atoms with Crippen molar-refractivity contribution in [2.24, 2.45) is 11.7 Å². The Labute approximate surface area is 124 Å². The minimum Gasteiger partial charge on any atom is -0.329 e. The number of benzene rings is 1. The second-order valence-corrected chi connectivity index (χ2v) is 6.69. The Balaban J connectivity index is 2.14. The van der Waals surface area contributed by atoms with Gasteiger partial charge in [0.05, 0.1) is 0 Å². The molecule has 2 rings (SSSR count). The van der Waals surface area contributed by atoms with Gasteiger partial charge in [-0.1, -0.05) is 30.7 Å². The van der Waals surface area contributed by atoms with E-state index >= 15 is 0 Å². The second kappa shape index (κ2) is 6.73. The van der Waals surface area contributed by atoms with Crippen LogP contribution in [0.15, 0.2) is 18.2 Å². The Kier molecular flexibility index (Phi) is 5.22. The molecule has 0 bridgehead atoms. The van der Waals surface area contributed by atoms with Crippen LogP contribution < -0.4 is 5.73 Å². The zero-order valence-electron chi connectivity index (χ0n) is 13.5. The Bertz CT molecular complexity index is 433. The summed E-state index contributed by atoms with van der Waals surface area (Å²) < 4.78 is 0. The van der Waals surface area contributed by atoms with Gasteiger partial charge in [-0.25, -0.2) is 0 Å². The first-order chi connectivity index (χ1) is 9.52. The quantitative estimate of drug-likeness (QED) is 0.904. The molecule has 1 aliphatic rings. The number of rotatable bonds is 4. The Morgan fingerprint density at radius 2 is 1.85 bits per heavy atom. The maximum Gasteiger partial charge on any atom is 0.0472 e. The normalized spacial score (nSPS) is 24.9. The minimum absolute atomic E-state index is 0.356. The lowest BCUT2D eigenvalue weighted by Gasteiger charge is -2.39. The standard InChI is InChI=1S/C18H30N2/c1-13-5-8-16(9-6-13)20(4)18(12-19)17-10-7-14(2)11-15(17)3/h7,10-11,13,16,18H,5-6,8-9,12,19H2,1-4H3. The molecule has 112 valence electrons. The van der Waals surface area contributed by atoms with Crippen LogP contribution in [0, 0.1) is 19.8 Å². The summed E-state index contributed by atoms with van der Waals surface area (Å²) in [5, 5.41) is 0. The summed E-state index contributed by atoms with van der Waals surface area (Å²) in [5.74, 6) is 0.900. The number of hydrogen-bond donors (Lipinski definition) is 1. The van der Waals surface area contributed by atoms with E-state index in [0.29, 0.717) is 18.6 Å². The largest absolute Gasteiger partial charge is 0.329 e. The van der Waals surface area contributed by atoms with Crippen molar-refractivity contribution in [2.45, 2.75) is 58.5 Å². The maximum absolute atomic E-state index is 6.10. The van der Waals surface area contributed by atoms with Gasteiger partial charge in [0.25, 0.3) is 0 Å². The van der Waals surface area contributed by atoms with Crippen molar-refractivity contribution >= 4 is 0 Å². The Morgan fingerprint density at radius 3 is 2.40 bits per heavy atom. The zero-order chi connectivity index (χ0) is 14.7. The van der Waals surface area contributed by atoms with Gasteiger partial charge in [-0.05, 0) is 63.6 Å². The lowest BCUT2D eigenvalue weighted by molar-refractivity contribution is 0.126. The zero-order valence-corrected chi connectivity index (χ0v) is 13.5. The molecule has 20 heavy (non-hydrogen) atoms. The summed E-state index contributed by atoms with van der Waals surface area (Å²) in [4.78, 5) is 2.53. The van der Waals surface area contributed by atoms with Crippen molar-refractivity contribution in [3.05, 3.63) is 34.9 Å². The summed E-state index contributed by atoms with van der Waals surface area (Å²) in [5.41, 5.74) is 10.2. The third kappa shape index (κ3) is 3.42. The highest BCUT2D eigenvalue weighted by Gasteiger charge is 2.27. The van der Waals surface area contributed by atoms with E-state index in [9.17, 15) is 0 Å². The molecule has 1 atom stereocenters. The molecule has 2 heteroatoms. The molecule has 0 spiro atoms. The topological polar surface area (TPSA) is 29.3 Å². The molecule has 0 saturated heterocycles. The number of nitrogens with two attached hydrogens (primary N) is 1.